The maximum absolute atomic E-state index is 13.4. The summed E-state index contributed by atoms with van der Waals surface area (Å²) in [5.41, 5.74) is 4.09. The predicted octanol–water partition coefficient (Wildman–Crippen LogP) is 4.51. The maximum atomic E-state index is 13.4. The fraction of sp³-hybridized carbons (Fsp3) is 0.481. The monoisotopic (exact) mass is 494 g/mol. The van der Waals surface area contributed by atoms with Crippen molar-refractivity contribution in [2.24, 2.45) is 9.81 Å². The zero-order valence-corrected chi connectivity index (χ0v) is 21.4. The molecule has 2 heterocycles. The quantitative estimate of drug-likeness (QED) is 0.662. The summed E-state index contributed by atoms with van der Waals surface area (Å²) in [6.45, 7) is 7.32. The van der Waals surface area contributed by atoms with Crippen LogP contribution >= 0.6 is 0 Å². The number of carbonyl (C=O) groups is 1. The van der Waals surface area contributed by atoms with Gasteiger partial charge in [-0.15, -0.1) is 4.40 Å². The fourth-order valence-corrected chi connectivity index (χ4v) is 6.98. The second kappa shape index (κ2) is 9.30. The number of benzene rings is 2. The summed E-state index contributed by atoms with van der Waals surface area (Å²) in [5, 5.41) is 3.23. The molecule has 35 heavy (non-hydrogen) atoms. The Balaban J connectivity index is 1.26. The number of para-hydroxylation sites is 1. The Kier molecular flexibility index (Phi) is 6.34. The van der Waals surface area contributed by atoms with Gasteiger partial charge in [0.05, 0.1) is 5.69 Å². The molecule has 2 aromatic rings. The molecule has 0 aromatic heterocycles. The molecule has 0 spiro atoms. The van der Waals surface area contributed by atoms with Crippen LogP contribution in [0.4, 0.5) is 11.4 Å². The molecule has 1 N–H and O–H groups in total. The van der Waals surface area contributed by atoms with Crippen molar-refractivity contribution in [3.8, 4) is 0 Å². The van der Waals surface area contributed by atoms with Gasteiger partial charge in [0.1, 0.15) is 10.7 Å². The molecule has 1 saturated heterocycles. The lowest BCUT2D eigenvalue weighted by Gasteiger charge is -2.39. The Labute approximate surface area is 208 Å². The number of fused-ring (bicyclic) bond motifs is 1. The number of amidine groups is 1. The summed E-state index contributed by atoms with van der Waals surface area (Å²) < 4.78 is 29.5. The minimum atomic E-state index is -3.72. The molecule has 2 fully saturated rings. The normalized spacial score (nSPS) is 20.7. The van der Waals surface area contributed by atoms with Gasteiger partial charge in [0, 0.05) is 44.7 Å². The van der Waals surface area contributed by atoms with E-state index in [2.05, 4.69) is 46.7 Å². The Morgan fingerprint density at radius 3 is 2.49 bits per heavy atom. The van der Waals surface area contributed by atoms with Crippen LogP contribution < -0.4 is 10.2 Å². The second-order valence-electron chi connectivity index (χ2n) is 10.4. The van der Waals surface area contributed by atoms with Crippen LogP contribution in [0.3, 0.4) is 0 Å². The van der Waals surface area contributed by atoms with Crippen LogP contribution in [-0.4, -0.2) is 51.2 Å². The molecule has 1 saturated carbocycles. The molecule has 0 atom stereocenters. The van der Waals surface area contributed by atoms with Crippen molar-refractivity contribution in [1.29, 1.82) is 0 Å². The van der Waals surface area contributed by atoms with Crippen LogP contribution in [0.25, 0.3) is 0 Å². The number of rotatable bonds is 5. The highest BCUT2D eigenvalue weighted by molar-refractivity contribution is 7.90. The van der Waals surface area contributed by atoms with Crippen molar-refractivity contribution in [2.45, 2.75) is 57.3 Å². The highest BCUT2D eigenvalue weighted by Gasteiger charge is 2.40. The van der Waals surface area contributed by atoms with Gasteiger partial charge in [-0.05, 0) is 61.4 Å². The smallest absolute Gasteiger partial charge is 0.286 e. The topological polar surface area (TPSA) is 82.1 Å². The highest BCUT2D eigenvalue weighted by atomic mass is 32.2. The standard InChI is InChI=1S/C27H34N4O3S/c1-20-9-10-21(2)23(17-20)30-13-15-31(16-14-30)26(32)19-27(11-5-6-12-27)18-25-28-22-7-3-4-8-24(22)35(33,34)29-25/h3-4,7-10,17H,5-6,11-16,18-19H2,1-2H3,(H,28,29). The number of hydrogen-bond acceptors (Lipinski definition) is 5. The number of sulfonamides is 1. The number of nitrogens with one attached hydrogen (secondary N) is 1. The lowest BCUT2D eigenvalue weighted by Crippen LogP contribution is -2.50. The first-order chi connectivity index (χ1) is 16.7. The number of amides is 1. The predicted molar refractivity (Wildman–Crippen MR) is 140 cm³/mol. The van der Waals surface area contributed by atoms with Gasteiger partial charge in [-0.2, -0.15) is 8.42 Å². The molecular formula is C27H34N4O3S. The largest absolute Gasteiger partial charge is 0.368 e. The van der Waals surface area contributed by atoms with Gasteiger partial charge in [-0.1, -0.05) is 37.1 Å². The van der Waals surface area contributed by atoms with Gasteiger partial charge in [0.2, 0.25) is 5.91 Å². The number of carbonyl (C=O) groups excluding carboxylic acids is 1. The minimum absolute atomic E-state index is 0.173. The average molecular weight is 495 g/mol. The molecule has 5 rings (SSSR count). The average Bonchev–Trinajstić information content (AvgIpc) is 3.28. The van der Waals surface area contributed by atoms with E-state index in [0.717, 1.165) is 38.8 Å². The third-order valence-electron chi connectivity index (χ3n) is 7.74. The SMILES string of the molecule is Cc1ccc(C)c(N2CCN(C(=O)CC3(CC4=NS(=O)(=O)c5ccccc5N4)CCCC3)CC2)c1. The van der Waals surface area contributed by atoms with E-state index in [0.29, 0.717) is 37.5 Å². The van der Waals surface area contributed by atoms with Crippen molar-refractivity contribution in [1.82, 2.24) is 4.90 Å². The molecule has 3 aliphatic rings. The third-order valence-corrected chi connectivity index (χ3v) is 9.12. The van der Waals surface area contributed by atoms with Crippen LogP contribution in [0.2, 0.25) is 0 Å². The van der Waals surface area contributed by atoms with Crippen LogP contribution in [0.1, 0.15) is 49.7 Å². The molecule has 186 valence electrons. The Morgan fingerprint density at radius 2 is 1.74 bits per heavy atom. The van der Waals surface area contributed by atoms with E-state index in [1.54, 1.807) is 18.2 Å². The van der Waals surface area contributed by atoms with Gasteiger partial charge < -0.3 is 15.1 Å². The number of anilines is 2. The number of aryl methyl sites for hydroxylation is 2. The lowest BCUT2D eigenvalue weighted by molar-refractivity contribution is -0.133. The summed E-state index contributed by atoms with van der Waals surface area (Å²) >= 11 is 0. The molecule has 7 nitrogen and oxygen atoms in total. The summed E-state index contributed by atoms with van der Waals surface area (Å²) in [7, 11) is -3.72. The first-order valence-corrected chi connectivity index (χ1v) is 14.0. The zero-order valence-electron chi connectivity index (χ0n) is 20.6. The lowest BCUT2D eigenvalue weighted by atomic mass is 9.78. The van der Waals surface area contributed by atoms with E-state index in [1.807, 2.05) is 11.0 Å². The van der Waals surface area contributed by atoms with Gasteiger partial charge in [-0.25, -0.2) is 0 Å². The highest BCUT2D eigenvalue weighted by Crippen LogP contribution is 2.45. The van der Waals surface area contributed by atoms with Gasteiger partial charge in [0.25, 0.3) is 10.0 Å². The summed E-state index contributed by atoms with van der Waals surface area (Å²) in [6, 6.07) is 13.4. The van der Waals surface area contributed by atoms with Crippen molar-refractivity contribution < 1.29 is 13.2 Å². The zero-order chi connectivity index (χ0) is 24.6. The number of nitrogens with zero attached hydrogens (tertiary/aromatic N) is 3. The van der Waals surface area contributed by atoms with Crippen LogP contribution in [0.15, 0.2) is 51.8 Å². The van der Waals surface area contributed by atoms with Crippen molar-refractivity contribution in [3.05, 3.63) is 53.6 Å². The summed E-state index contributed by atoms with van der Waals surface area (Å²) in [6.07, 6.45) is 4.88. The summed E-state index contributed by atoms with van der Waals surface area (Å²) in [4.78, 5) is 18.0. The van der Waals surface area contributed by atoms with Crippen LogP contribution in [0, 0.1) is 19.3 Å². The van der Waals surface area contributed by atoms with Gasteiger partial charge >= 0.3 is 0 Å². The van der Waals surface area contributed by atoms with Gasteiger partial charge in [-0.3, -0.25) is 4.79 Å². The minimum Gasteiger partial charge on any atom is -0.368 e. The molecule has 2 aliphatic heterocycles. The third kappa shape index (κ3) is 4.94. The van der Waals surface area contributed by atoms with Crippen LogP contribution in [0.5, 0.6) is 0 Å². The van der Waals surface area contributed by atoms with E-state index in [9.17, 15) is 13.2 Å². The molecule has 1 aliphatic carbocycles. The Bertz CT molecular complexity index is 1260. The maximum Gasteiger partial charge on any atom is 0.286 e. The Hall–Kier alpha value is -2.87. The fourth-order valence-electron chi connectivity index (χ4n) is 5.83. The molecule has 1 amide bonds. The molecule has 0 bridgehead atoms. The first-order valence-electron chi connectivity index (χ1n) is 12.5. The second-order valence-corrected chi connectivity index (χ2v) is 11.9. The molecule has 0 unspecified atom stereocenters. The van der Waals surface area contributed by atoms with Crippen LogP contribution in [-0.2, 0) is 14.8 Å². The molecule has 8 heteroatoms. The Morgan fingerprint density at radius 1 is 1.03 bits per heavy atom. The number of hydrogen-bond donors (Lipinski definition) is 1. The molecular weight excluding hydrogens is 460 g/mol. The van der Waals surface area contributed by atoms with Crippen molar-refractivity contribution >= 4 is 33.1 Å². The van der Waals surface area contributed by atoms with E-state index >= 15 is 0 Å². The molecule has 2 aromatic carbocycles. The van der Waals surface area contributed by atoms with E-state index in [4.69, 9.17) is 0 Å². The first kappa shape index (κ1) is 23.9. The summed E-state index contributed by atoms with van der Waals surface area (Å²) in [5.74, 6) is 0.630. The number of piperazine rings is 1. The molecule has 0 radical (unpaired) electrons. The van der Waals surface area contributed by atoms with E-state index < -0.39 is 10.0 Å². The van der Waals surface area contributed by atoms with Crippen molar-refractivity contribution in [3.63, 3.8) is 0 Å². The van der Waals surface area contributed by atoms with E-state index in [1.165, 1.54) is 16.8 Å². The van der Waals surface area contributed by atoms with E-state index in [-0.39, 0.29) is 16.2 Å². The van der Waals surface area contributed by atoms with Gasteiger partial charge in [0.15, 0.2) is 0 Å². The van der Waals surface area contributed by atoms with Crippen molar-refractivity contribution in [2.75, 3.05) is 36.4 Å².